The summed E-state index contributed by atoms with van der Waals surface area (Å²) in [5, 5.41) is 2.96. The van der Waals surface area contributed by atoms with E-state index in [4.69, 9.17) is 5.73 Å². The van der Waals surface area contributed by atoms with Gasteiger partial charge in [0.2, 0.25) is 5.91 Å². The largest absolute Gasteiger partial charge is 0.353 e. The second kappa shape index (κ2) is 9.47. The number of nitrogens with one attached hydrogen (secondary N) is 1. The summed E-state index contributed by atoms with van der Waals surface area (Å²) in [7, 11) is 0. The van der Waals surface area contributed by atoms with E-state index in [0.717, 1.165) is 0 Å². The van der Waals surface area contributed by atoms with Gasteiger partial charge in [0.1, 0.15) is 5.82 Å². The third-order valence-electron chi connectivity index (χ3n) is 3.86. The molecule has 1 saturated heterocycles. The molecule has 0 spiro atoms. The third kappa shape index (κ3) is 5.48. The van der Waals surface area contributed by atoms with Crippen LogP contribution < -0.4 is 11.1 Å². The maximum atomic E-state index is 13.6. The minimum absolute atomic E-state index is 0. The van der Waals surface area contributed by atoms with Crippen LogP contribution in [0.5, 0.6) is 0 Å². The van der Waals surface area contributed by atoms with Gasteiger partial charge >= 0.3 is 0 Å². The lowest BCUT2D eigenvalue weighted by Crippen LogP contribution is -2.46. The fourth-order valence-electron chi connectivity index (χ4n) is 2.59. The van der Waals surface area contributed by atoms with Gasteiger partial charge in [0, 0.05) is 25.6 Å². The highest BCUT2D eigenvalue weighted by molar-refractivity contribution is 5.94. The number of rotatable bonds is 5. The molecule has 128 valence electrons. The summed E-state index contributed by atoms with van der Waals surface area (Å²) in [5.41, 5.74) is 5.48. The van der Waals surface area contributed by atoms with E-state index < -0.39 is 5.82 Å². The predicted octanol–water partition coefficient (Wildman–Crippen LogP) is 1.71. The first kappa shape index (κ1) is 19.4. The van der Waals surface area contributed by atoms with Gasteiger partial charge in [0.25, 0.3) is 5.91 Å². The number of likely N-dealkylation sites (tertiary alicyclic amines) is 1. The quantitative estimate of drug-likeness (QED) is 0.854. The van der Waals surface area contributed by atoms with Crippen LogP contribution in [-0.4, -0.2) is 42.4 Å². The molecule has 1 aromatic carbocycles. The Morgan fingerprint density at radius 3 is 2.52 bits per heavy atom. The molecule has 1 heterocycles. The normalized spacial score (nSPS) is 15.0. The second-order valence-electron chi connectivity index (χ2n) is 5.51. The van der Waals surface area contributed by atoms with Crippen LogP contribution in [0.3, 0.4) is 0 Å². The van der Waals surface area contributed by atoms with E-state index in [1.54, 1.807) is 17.0 Å². The molecule has 5 nitrogen and oxygen atoms in total. The Bertz CT molecular complexity index is 534. The maximum Gasteiger partial charge on any atom is 0.256 e. The minimum Gasteiger partial charge on any atom is -0.353 e. The van der Waals surface area contributed by atoms with E-state index in [-0.39, 0.29) is 35.8 Å². The smallest absolute Gasteiger partial charge is 0.256 e. The van der Waals surface area contributed by atoms with Gasteiger partial charge in [0.15, 0.2) is 0 Å². The molecule has 23 heavy (non-hydrogen) atoms. The maximum absolute atomic E-state index is 13.6. The van der Waals surface area contributed by atoms with Crippen LogP contribution in [0.1, 0.15) is 36.0 Å². The molecule has 0 aromatic heterocycles. The highest BCUT2D eigenvalue weighted by Gasteiger charge is 2.25. The summed E-state index contributed by atoms with van der Waals surface area (Å²) in [6.45, 7) is 1.55. The molecule has 1 aliphatic heterocycles. The van der Waals surface area contributed by atoms with Crippen LogP contribution in [0, 0.1) is 5.82 Å². The monoisotopic (exact) mass is 343 g/mol. The Hall–Kier alpha value is -1.66. The van der Waals surface area contributed by atoms with E-state index in [2.05, 4.69) is 5.32 Å². The van der Waals surface area contributed by atoms with E-state index in [0.29, 0.717) is 45.3 Å². The number of halogens is 2. The molecule has 1 aliphatic rings. The van der Waals surface area contributed by atoms with Crippen LogP contribution in [0.4, 0.5) is 4.39 Å². The van der Waals surface area contributed by atoms with Crippen molar-refractivity contribution in [1.29, 1.82) is 0 Å². The molecule has 2 rings (SSSR count). The van der Waals surface area contributed by atoms with Crippen LogP contribution in [0.25, 0.3) is 0 Å². The summed E-state index contributed by atoms with van der Waals surface area (Å²) in [4.78, 5) is 25.6. The van der Waals surface area contributed by atoms with Gasteiger partial charge in [0.05, 0.1) is 5.56 Å². The molecule has 1 aromatic rings. The van der Waals surface area contributed by atoms with E-state index in [1.165, 1.54) is 12.1 Å². The molecule has 0 bridgehead atoms. The highest BCUT2D eigenvalue weighted by Crippen LogP contribution is 2.16. The number of nitrogens with zero attached hydrogens (tertiary/aromatic N) is 1. The molecule has 2 amide bonds. The SMILES string of the molecule is Cl.NCCCC(=O)NC1CCN(C(=O)c2ccccc2F)CC1. The highest BCUT2D eigenvalue weighted by atomic mass is 35.5. The molecular weight excluding hydrogens is 321 g/mol. The van der Waals surface area contributed by atoms with Crippen LogP contribution in [0.2, 0.25) is 0 Å². The van der Waals surface area contributed by atoms with Crippen molar-refractivity contribution in [2.45, 2.75) is 31.7 Å². The Kier molecular flexibility index (Phi) is 7.98. The van der Waals surface area contributed by atoms with Gasteiger partial charge in [-0.25, -0.2) is 4.39 Å². The zero-order chi connectivity index (χ0) is 15.9. The Labute approximate surface area is 141 Å². The zero-order valence-corrected chi connectivity index (χ0v) is 13.8. The first-order valence-electron chi connectivity index (χ1n) is 7.65. The lowest BCUT2D eigenvalue weighted by atomic mass is 10.0. The van der Waals surface area contributed by atoms with E-state index >= 15 is 0 Å². The van der Waals surface area contributed by atoms with Crippen LogP contribution >= 0.6 is 12.4 Å². The summed E-state index contributed by atoms with van der Waals surface area (Å²) in [6, 6.07) is 6.08. The first-order chi connectivity index (χ1) is 10.6. The summed E-state index contributed by atoms with van der Waals surface area (Å²) < 4.78 is 13.6. The molecule has 0 saturated carbocycles. The second-order valence-corrected chi connectivity index (χ2v) is 5.51. The summed E-state index contributed by atoms with van der Waals surface area (Å²) in [6.07, 6.45) is 2.49. The van der Waals surface area contributed by atoms with E-state index in [9.17, 15) is 14.0 Å². The molecule has 3 N–H and O–H groups in total. The number of amides is 2. The van der Waals surface area contributed by atoms with Crippen molar-refractivity contribution in [1.82, 2.24) is 10.2 Å². The molecule has 7 heteroatoms. The molecule has 0 radical (unpaired) electrons. The number of hydrogen-bond acceptors (Lipinski definition) is 3. The minimum atomic E-state index is -0.496. The standard InChI is InChI=1S/C16H22FN3O2.ClH/c17-14-5-2-1-4-13(14)16(22)20-10-7-12(8-11-20)19-15(21)6-3-9-18;/h1-2,4-5,12H,3,6-11,18H2,(H,19,21);1H. The van der Waals surface area contributed by atoms with Gasteiger partial charge in [-0.1, -0.05) is 12.1 Å². The molecule has 0 unspecified atom stereocenters. The van der Waals surface area contributed by atoms with Crippen molar-refractivity contribution >= 4 is 24.2 Å². The van der Waals surface area contributed by atoms with Crippen LogP contribution in [0.15, 0.2) is 24.3 Å². The Balaban J connectivity index is 0.00000264. The van der Waals surface area contributed by atoms with Crippen molar-refractivity contribution in [3.8, 4) is 0 Å². The third-order valence-corrected chi connectivity index (χ3v) is 3.86. The van der Waals surface area contributed by atoms with E-state index in [1.807, 2.05) is 0 Å². The van der Waals surface area contributed by atoms with Gasteiger partial charge in [-0.05, 0) is 37.9 Å². The first-order valence-corrected chi connectivity index (χ1v) is 7.65. The Morgan fingerprint density at radius 1 is 1.26 bits per heavy atom. The summed E-state index contributed by atoms with van der Waals surface area (Å²) in [5.74, 6) is -0.778. The average molecular weight is 344 g/mol. The molecule has 0 atom stereocenters. The van der Waals surface area contributed by atoms with Crippen LogP contribution in [-0.2, 0) is 4.79 Å². The van der Waals surface area contributed by atoms with Crippen molar-refractivity contribution in [2.24, 2.45) is 5.73 Å². The Morgan fingerprint density at radius 2 is 1.91 bits per heavy atom. The number of carbonyl (C=O) groups excluding carboxylic acids is 2. The molecule has 0 aliphatic carbocycles. The van der Waals surface area contributed by atoms with Gasteiger partial charge in [-0.2, -0.15) is 0 Å². The lowest BCUT2D eigenvalue weighted by molar-refractivity contribution is -0.122. The number of benzene rings is 1. The average Bonchev–Trinajstić information content (AvgIpc) is 2.53. The molecule has 1 fully saturated rings. The van der Waals surface area contributed by atoms with Crippen molar-refractivity contribution in [2.75, 3.05) is 19.6 Å². The number of piperidine rings is 1. The molecular formula is C16H23ClFN3O2. The van der Waals surface area contributed by atoms with Gasteiger partial charge in [-0.3, -0.25) is 9.59 Å². The fraction of sp³-hybridized carbons (Fsp3) is 0.500. The predicted molar refractivity (Wildman–Crippen MR) is 89.0 cm³/mol. The number of hydrogen-bond donors (Lipinski definition) is 2. The summed E-state index contributed by atoms with van der Waals surface area (Å²) >= 11 is 0. The zero-order valence-electron chi connectivity index (χ0n) is 13.0. The number of nitrogens with two attached hydrogens (primary N) is 1. The topological polar surface area (TPSA) is 75.4 Å². The van der Waals surface area contributed by atoms with Gasteiger partial charge < -0.3 is 16.0 Å². The number of carbonyl (C=O) groups is 2. The fourth-order valence-corrected chi connectivity index (χ4v) is 2.59. The van der Waals surface area contributed by atoms with Gasteiger partial charge in [-0.15, -0.1) is 12.4 Å². The van der Waals surface area contributed by atoms with Crippen molar-refractivity contribution < 1.29 is 14.0 Å². The van der Waals surface area contributed by atoms with Crippen molar-refractivity contribution in [3.63, 3.8) is 0 Å². The van der Waals surface area contributed by atoms with Crippen molar-refractivity contribution in [3.05, 3.63) is 35.6 Å². The lowest BCUT2D eigenvalue weighted by Gasteiger charge is -2.32.